The van der Waals surface area contributed by atoms with Crippen LogP contribution in [-0.2, 0) is 4.79 Å². The van der Waals surface area contributed by atoms with Gasteiger partial charge in [0.2, 0.25) is 5.91 Å². The van der Waals surface area contributed by atoms with Gasteiger partial charge in [0.1, 0.15) is 0 Å². The molecule has 0 aromatic carbocycles. The average molecular weight is 220 g/mol. The summed E-state index contributed by atoms with van der Waals surface area (Å²) in [7, 11) is 0. The third-order valence-electron chi connectivity index (χ3n) is 1.97. The van der Waals surface area contributed by atoms with Crippen molar-refractivity contribution < 1.29 is 69.1 Å². The van der Waals surface area contributed by atoms with Crippen LogP contribution in [0.5, 0.6) is 0 Å². The summed E-state index contributed by atoms with van der Waals surface area (Å²) < 4.78 is 35.8. The molecular weight excluding hydrogens is 211 g/mol. The van der Waals surface area contributed by atoms with Gasteiger partial charge in [-0.1, -0.05) is 0 Å². The Labute approximate surface area is 117 Å². The van der Waals surface area contributed by atoms with Crippen LogP contribution in [0.1, 0.15) is 0 Å². The van der Waals surface area contributed by atoms with Gasteiger partial charge in [0.15, 0.2) is 0 Å². The van der Waals surface area contributed by atoms with Gasteiger partial charge in [0.25, 0.3) is 0 Å². The number of amides is 1. The van der Waals surface area contributed by atoms with Gasteiger partial charge in [-0.3, -0.25) is 4.79 Å². The van der Waals surface area contributed by atoms with Crippen LogP contribution in [0, 0.1) is 0 Å². The van der Waals surface area contributed by atoms with Gasteiger partial charge < -0.3 is 23.6 Å². The van der Waals surface area contributed by atoms with Crippen molar-refractivity contribution in [3.63, 3.8) is 0 Å². The second kappa shape index (κ2) is 5.13. The maximum Gasteiger partial charge on any atom is 1.00 e. The van der Waals surface area contributed by atoms with E-state index in [4.69, 9.17) is 5.73 Å². The summed E-state index contributed by atoms with van der Waals surface area (Å²) in [6, 6.07) is 0. The summed E-state index contributed by atoms with van der Waals surface area (Å²) in [6.45, 7) is -5.40. The molecular formula is C5H9BF3KN2O. The van der Waals surface area contributed by atoms with E-state index in [1.54, 1.807) is 0 Å². The first-order valence-electron chi connectivity index (χ1n) is 3.63. The first-order valence-corrected chi connectivity index (χ1v) is 3.63. The fourth-order valence-electron chi connectivity index (χ4n) is 1.08. The Balaban J connectivity index is 0.00000144. The van der Waals surface area contributed by atoms with Crippen molar-refractivity contribution in [1.82, 2.24) is 4.90 Å². The fraction of sp³-hybridized carbons (Fsp3) is 0.800. The molecule has 0 unspecified atom stereocenters. The minimum Gasteiger partial charge on any atom is -0.449 e. The van der Waals surface area contributed by atoms with Crippen molar-refractivity contribution in [2.45, 2.75) is 5.82 Å². The van der Waals surface area contributed by atoms with E-state index in [0.29, 0.717) is 0 Å². The van der Waals surface area contributed by atoms with Crippen molar-refractivity contribution in [3.8, 4) is 0 Å². The van der Waals surface area contributed by atoms with Crippen molar-refractivity contribution in [2.24, 2.45) is 5.73 Å². The van der Waals surface area contributed by atoms with E-state index in [1.807, 2.05) is 0 Å². The second-order valence-electron chi connectivity index (χ2n) is 2.89. The first kappa shape index (κ1) is 13.9. The average Bonchev–Trinajstić information content (AvgIpc) is 1.80. The quantitative estimate of drug-likeness (QED) is 0.504. The maximum atomic E-state index is 11.9. The van der Waals surface area contributed by atoms with Crippen LogP contribution in [0.4, 0.5) is 12.9 Å². The number of hydrogen-bond donors (Lipinski definition) is 1. The number of nitrogens with two attached hydrogens (primary N) is 1. The molecule has 3 nitrogen and oxygen atoms in total. The second-order valence-corrected chi connectivity index (χ2v) is 2.89. The molecule has 0 atom stereocenters. The zero-order valence-electron chi connectivity index (χ0n) is 7.34. The van der Waals surface area contributed by atoms with Crippen molar-refractivity contribution in [3.05, 3.63) is 0 Å². The molecule has 70 valence electrons. The number of halogens is 3. The molecule has 1 fully saturated rings. The molecule has 1 amide bonds. The molecule has 2 N–H and O–H groups in total. The molecule has 13 heavy (non-hydrogen) atoms. The van der Waals surface area contributed by atoms with Crippen molar-refractivity contribution >= 4 is 12.9 Å². The molecule has 1 aliphatic heterocycles. The minimum absolute atomic E-state index is 0. The van der Waals surface area contributed by atoms with Gasteiger partial charge >= 0.3 is 58.4 Å². The Kier molecular flexibility index (Phi) is 5.49. The van der Waals surface area contributed by atoms with E-state index in [9.17, 15) is 17.7 Å². The van der Waals surface area contributed by atoms with Crippen LogP contribution < -0.4 is 57.1 Å². The number of carbonyl (C=O) groups excluding carboxylic acids is 1. The molecule has 1 saturated heterocycles. The van der Waals surface area contributed by atoms with Crippen LogP contribution >= 0.6 is 0 Å². The standard InChI is InChI=1S/C5H9BF3N2O.K/c7-6(8,9)4-2-11(3-4)5(12)1-10;/h4H,1-3,10H2;/q-1;+1. The number of nitrogens with zero attached hydrogens (tertiary/aromatic N) is 1. The molecule has 1 rings (SSSR count). The van der Waals surface area contributed by atoms with E-state index in [0.717, 1.165) is 4.90 Å². The van der Waals surface area contributed by atoms with E-state index in [-0.39, 0.29) is 71.0 Å². The largest absolute Gasteiger partial charge is 1.00 e. The number of rotatable bonds is 2. The Bertz CT molecular complexity index is 195. The fourth-order valence-corrected chi connectivity index (χ4v) is 1.08. The molecule has 1 heterocycles. The summed E-state index contributed by atoms with van der Waals surface area (Å²) in [5, 5.41) is 0. The third kappa shape index (κ3) is 3.52. The van der Waals surface area contributed by atoms with Crippen molar-refractivity contribution in [2.75, 3.05) is 19.6 Å². The maximum absolute atomic E-state index is 11.9. The van der Waals surface area contributed by atoms with Gasteiger partial charge in [0, 0.05) is 13.1 Å². The Morgan fingerprint density at radius 3 is 2.23 bits per heavy atom. The molecule has 0 aromatic heterocycles. The number of hydrogen-bond acceptors (Lipinski definition) is 2. The summed E-state index contributed by atoms with van der Waals surface area (Å²) in [4.78, 5) is 11.8. The van der Waals surface area contributed by atoms with E-state index in [1.165, 1.54) is 0 Å². The Morgan fingerprint density at radius 2 is 1.92 bits per heavy atom. The Hall–Kier alpha value is 0.921. The molecule has 0 aliphatic carbocycles. The molecule has 0 radical (unpaired) electrons. The van der Waals surface area contributed by atoms with Gasteiger partial charge in [-0.15, -0.1) is 0 Å². The number of carbonyl (C=O) groups is 1. The first-order chi connectivity index (χ1) is 5.45. The SMILES string of the molecule is NCC(=O)N1CC([B-](F)(F)F)C1.[K+]. The van der Waals surface area contributed by atoms with Crippen LogP contribution in [-0.4, -0.2) is 37.4 Å². The summed E-state index contributed by atoms with van der Waals surface area (Å²) in [6.07, 6.45) is 0. The van der Waals surface area contributed by atoms with Crippen molar-refractivity contribution in [1.29, 1.82) is 0 Å². The summed E-state index contributed by atoms with van der Waals surface area (Å²) >= 11 is 0. The van der Waals surface area contributed by atoms with Crippen LogP contribution in [0.2, 0.25) is 5.82 Å². The smallest absolute Gasteiger partial charge is 0.449 e. The third-order valence-corrected chi connectivity index (χ3v) is 1.97. The van der Waals surface area contributed by atoms with Crippen LogP contribution in [0.15, 0.2) is 0 Å². The zero-order valence-corrected chi connectivity index (χ0v) is 10.5. The predicted octanol–water partition coefficient (Wildman–Crippen LogP) is -2.99. The normalized spacial score (nSPS) is 17.7. The van der Waals surface area contributed by atoms with Crippen LogP contribution in [0.3, 0.4) is 0 Å². The van der Waals surface area contributed by atoms with E-state index in [2.05, 4.69) is 0 Å². The van der Waals surface area contributed by atoms with E-state index >= 15 is 0 Å². The van der Waals surface area contributed by atoms with Gasteiger partial charge in [0.05, 0.1) is 6.54 Å². The van der Waals surface area contributed by atoms with Crippen LogP contribution in [0.25, 0.3) is 0 Å². The monoisotopic (exact) mass is 220 g/mol. The molecule has 0 bridgehead atoms. The molecule has 0 saturated carbocycles. The molecule has 0 aromatic rings. The zero-order chi connectivity index (χ0) is 9.35. The summed E-state index contributed by atoms with van der Waals surface area (Å²) in [5.41, 5.74) is 4.97. The minimum atomic E-state index is -4.78. The number of likely N-dealkylation sites (tertiary alicyclic amines) is 1. The molecule has 1 aliphatic rings. The predicted molar refractivity (Wildman–Crippen MR) is 38.5 cm³/mol. The van der Waals surface area contributed by atoms with Gasteiger partial charge in [-0.2, -0.15) is 0 Å². The topological polar surface area (TPSA) is 46.3 Å². The van der Waals surface area contributed by atoms with E-state index < -0.39 is 18.7 Å². The molecule has 0 spiro atoms. The Morgan fingerprint density at radius 1 is 1.46 bits per heavy atom. The van der Waals surface area contributed by atoms with Gasteiger partial charge in [-0.05, 0) is 5.82 Å². The molecule has 8 heteroatoms. The summed E-state index contributed by atoms with van der Waals surface area (Å²) in [5.74, 6) is -1.70. The van der Waals surface area contributed by atoms with Gasteiger partial charge in [-0.25, -0.2) is 0 Å².